The van der Waals surface area contributed by atoms with Crippen LogP contribution in [0.25, 0.3) is 0 Å². The number of nitrogens with zero attached hydrogens (tertiary/aromatic N) is 2. The number of pyridine rings is 1. The third-order valence-electron chi connectivity index (χ3n) is 2.38. The predicted octanol–water partition coefficient (Wildman–Crippen LogP) is 4.01. The molecule has 0 aliphatic heterocycles. The van der Waals surface area contributed by atoms with Crippen LogP contribution in [0.3, 0.4) is 0 Å². The number of ether oxygens (including phenoxy) is 1. The summed E-state index contributed by atoms with van der Waals surface area (Å²) in [6.45, 7) is 0. The van der Waals surface area contributed by atoms with Crippen molar-refractivity contribution in [2.75, 3.05) is 0 Å². The predicted molar refractivity (Wildman–Crippen MR) is 79.8 cm³/mol. The Labute approximate surface area is 135 Å². The molecule has 0 aliphatic rings. The van der Waals surface area contributed by atoms with Crippen molar-refractivity contribution in [2.24, 2.45) is 0 Å². The largest absolute Gasteiger partial charge is 0.478 e. The van der Waals surface area contributed by atoms with E-state index in [-0.39, 0.29) is 22.9 Å². The van der Waals surface area contributed by atoms with Crippen LogP contribution < -0.4 is 4.74 Å². The Kier molecular flexibility index (Phi) is 4.53. The fraction of sp³-hybridized carbons (Fsp3) is 0. The maximum Gasteiger partial charge on any atom is 0.335 e. The highest BCUT2D eigenvalue weighted by Crippen LogP contribution is 2.35. The second-order valence-electron chi connectivity index (χ2n) is 3.79. The first-order chi connectivity index (χ1) is 9.88. The molecule has 2 rings (SSSR count). The summed E-state index contributed by atoms with van der Waals surface area (Å²) in [6.07, 6.45) is 1.34. The van der Waals surface area contributed by atoms with Crippen LogP contribution in [0.5, 0.6) is 11.6 Å². The van der Waals surface area contributed by atoms with Crippen LogP contribution in [-0.4, -0.2) is 21.0 Å². The minimum Gasteiger partial charge on any atom is -0.478 e. The number of aromatic carboxylic acids is 1. The average molecular weight is 418 g/mol. The Morgan fingerprint density at radius 3 is 2.67 bits per heavy atom. The maximum atomic E-state index is 11.0. The van der Waals surface area contributed by atoms with Crippen LogP contribution in [0.2, 0.25) is 0 Å². The van der Waals surface area contributed by atoms with Gasteiger partial charge in [0.1, 0.15) is 5.75 Å². The smallest absolute Gasteiger partial charge is 0.335 e. The molecular formula is C12H6Br2N2O5. The molecular weight excluding hydrogens is 412 g/mol. The third-order valence-corrected chi connectivity index (χ3v) is 3.47. The zero-order valence-corrected chi connectivity index (χ0v) is 13.3. The minimum atomic E-state index is -1.13. The van der Waals surface area contributed by atoms with Gasteiger partial charge < -0.3 is 9.84 Å². The van der Waals surface area contributed by atoms with Crippen molar-refractivity contribution in [3.63, 3.8) is 0 Å². The van der Waals surface area contributed by atoms with Gasteiger partial charge in [0.15, 0.2) is 0 Å². The number of rotatable bonds is 4. The van der Waals surface area contributed by atoms with E-state index in [0.29, 0.717) is 8.95 Å². The lowest BCUT2D eigenvalue weighted by molar-refractivity contribution is -0.386. The molecule has 0 saturated carbocycles. The first-order valence-electron chi connectivity index (χ1n) is 5.39. The molecule has 2 aromatic rings. The zero-order chi connectivity index (χ0) is 15.6. The molecule has 1 aromatic carbocycles. The van der Waals surface area contributed by atoms with Gasteiger partial charge in [-0.05, 0) is 50.1 Å². The van der Waals surface area contributed by atoms with Crippen LogP contribution in [-0.2, 0) is 0 Å². The standard InChI is InChI=1S/C12H6Br2N2O5/c13-7-4-9(16(19)20)11(15-5-7)21-10-3-6(12(17)18)1-2-8(10)14/h1-5H,(H,17,18). The number of aromatic nitrogens is 1. The zero-order valence-electron chi connectivity index (χ0n) is 10.1. The normalized spacial score (nSPS) is 10.2. The van der Waals surface area contributed by atoms with Crippen LogP contribution in [0.1, 0.15) is 10.4 Å². The van der Waals surface area contributed by atoms with Gasteiger partial charge in [0.05, 0.1) is 15.0 Å². The molecule has 7 nitrogen and oxygen atoms in total. The summed E-state index contributed by atoms with van der Waals surface area (Å²) in [6, 6.07) is 5.35. The molecule has 1 aromatic heterocycles. The summed E-state index contributed by atoms with van der Waals surface area (Å²) in [7, 11) is 0. The summed E-state index contributed by atoms with van der Waals surface area (Å²) in [5.41, 5.74) is -0.343. The van der Waals surface area contributed by atoms with E-state index in [4.69, 9.17) is 9.84 Å². The van der Waals surface area contributed by atoms with Gasteiger partial charge in [-0.25, -0.2) is 9.78 Å². The summed E-state index contributed by atoms with van der Waals surface area (Å²) in [5, 5.41) is 19.9. The van der Waals surface area contributed by atoms with E-state index < -0.39 is 10.9 Å². The number of carbonyl (C=O) groups is 1. The number of hydrogen-bond acceptors (Lipinski definition) is 5. The van der Waals surface area contributed by atoms with Crippen LogP contribution in [0, 0.1) is 10.1 Å². The Morgan fingerprint density at radius 2 is 2.05 bits per heavy atom. The van der Waals surface area contributed by atoms with Crippen molar-refractivity contribution in [1.82, 2.24) is 4.98 Å². The van der Waals surface area contributed by atoms with E-state index in [0.717, 1.165) is 0 Å². The fourth-order valence-corrected chi connectivity index (χ4v) is 2.09. The van der Waals surface area contributed by atoms with E-state index >= 15 is 0 Å². The molecule has 108 valence electrons. The van der Waals surface area contributed by atoms with E-state index in [1.807, 2.05) is 0 Å². The van der Waals surface area contributed by atoms with Crippen molar-refractivity contribution in [3.8, 4) is 11.6 Å². The van der Waals surface area contributed by atoms with Gasteiger partial charge in [-0.15, -0.1) is 0 Å². The maximum absolute atomic E-state index is 11.0. The molecule has 0 saturated heterocycles. The molecule has 21 heavy (non-hydrogen) atoms. The van der Waals surface area contributed by atoms with Gasteiger partial charge in [0.2, 0.25) is 0 Å². The molecule has 1 heterocycles. The number of benzene rings is 1. The molecule has 0 radical (unpaired) electrons. The number of nitro groups is 1. The third kappa shape index (κ3) is 3.56. The first-order valence-corrected chi connectivity index (χ1v) is 6.97. The number of hydrogen-bond donors (Lipinski definition) is 1. The summed E-state index contributed by atoms with van der Waals surface area (Å²) < 4.78 is 6.24. The van der Waals surface area contributed by atoms with Crippen molar-refractivity contribution < 1.29 is 19.6 Å². The highest BCUT2D eigenvalue weighted by Gasteiger charge is 2.19. The van der Waals surface area contributed by atoms with Crippen molar-refractivity contribution in [3.05, 3.63) is 55.1 Å². The van der Waals surface area contributed by atoms with Gasteiger partial charge in [-0.2, -0.15) is 0 Å². The Morgan fingerprint density at radius 1 is 1.33 bits per heavy atom. The highest BCUT2D eigenvalue weighted by molar-refractivity contribution is 9.10. The Balaban J connectivity index is 2.45. The van der Waals surface area contributed by atoms with Crippen LogP contribution >= 0.6 is 31.9 Å². The summed E-state index contributed by atoms with van der Waals surface area (Å²) in [5.74, 6) is -1.25. The molecule has 0 spiro atoms. The van der Waals surface area contributed by atoms with Gasteiger partial charge in [0, 0.05) is 16.7 Å². The lowest BCUT2D eigenvalue weighted by Gasteiger charge is -2.08. The van der Waals surface area contributed by atoms with Crippen molar-refractivity contribution in [2.45, 2.75) is 0 Å². The van der Waals surface area contributed by atoms with Gasteiger partial charge in [0.25, 0.3) is 5.88 Å². The van der Waals surface area contributed by atoms with Crippen molar-refractivity contribution >= 4 is 43.5 Å². The number of halogens is 2. The minimum absolute atomic E-state index is 0.00651. The lowest BCUT2D eigenvalue weighted by atomic mass is 10.2. The van der Waals surface area contributed by atoms with Crippen molar-refractivity contribution in [1.29, 1.82) is 0 Å². The highest BCUT2D eigenvalue weighted by atomic mass is 79.9. The van der Waals surface area contributed by atoms with E-state index in [9.17, 15) is 14.9 Å². The molecule has 0 bridgehead atoms. The topological polar surface area (TPSA) is 103 Å². The number of carboxylic acids is 1. The van der Waals surface area contributed by atoms with E-state index in [1.54, 1.807) is 0 Å². The Bertz CT molecular complexity index is 736. The Hall–Kier alpha value is -2.00. The van der Waals surface area contributed by atoms with Crippen LogP contribution in [0.15, 0.2) is 39.4 Å². The van der Waals surface area contributed by atoms with Gasteiger partial charge in [-0.3, -0.25) is 10.1 Å². The molecule has 1 N–H and O–H groups in total. The number of carboxylic acid groups (broad SMARTS) is 1. The SMILES string of the molecule is O=C(O)c1ccc(Br)c(Oc2ncc(Br)cc2[N+](=O)[O-])c1. The second kappa shape index (κ2) is 6.19. The van der Waals surface area contributed by atoms with Gasteiger partial charge >= 0.3 is 11.7 Å². The molecule has 0 aliphatic carbocycles. The molecule has 0 unspecified atom stereocenters. The quantitative estimate of drug-likeness (QED) is 0.595. The lowest BCUT2D eigenvalue weighted by Crippen LogP contribution is -1.99. The fourth-order valence-electron chi connectivity index (χ4n) is 1.44. The molecule has 0 fully saturated rings. The van der Waals surface area contributed by atoms with Gasteiger partial charge in [-0.1, -0.05) is 0 Å². The second-order valence-corrected chi connectivity index (χ2v) is 5.56. The molecule has 0 atom stereocenters. The molecule has 0 amide bonds. The van der Waals surface area contributed by atoms with E-state index in [2.05, 4.69) is 36.8 Å². The van der Waals surface area contributed by atoms with Crippen LogP contribution in [0.4, 0.5) is 5.69 Å². The first kappa shape index (κ1) is 15.4. The molecule has 9 heteroatoms. The summed E-state index contributed by atoms with van der Waals surface area (Å²) in [4.78, 5) is 25.1. The van der Waals surface area contributed by atoms with E-state index in [1.165, 1.54) is 30.5 Å². The summed E-state index contributed by atoms with van der Waals surface area (Å²) >= 11 is 6.27. The monoisotopic (exact) mass is 416 g/mol. The average Bonchev–Trinajstić information content (AvgIpc) is 2.42.